The van der Waals surface area contributed by atoms with E-state index in [4.69, 9.17) is 0 Å². The highest BCUT2D eigenvalue weighted by atomic mass is 32.2. The van der Waals surface area contributed by atoms with Crippen molar-refractivity contribution >= 4 is 28.4 Å². The number of benzene rings is 1. The fourth-order valence-corrected chi connectivity index (χ4v) is 2.96. The molecular formula is C14H9F6NO2S. The van der Waals surface area contributed by atoms with Crippen LogP contribution in [0.1, 0.15) is 28.4 Å². The van der Waals surface area contributed by atoms with Crippen molar-refractivity contribution in [2.75, 3.05) is 6.26 Å². The number of carbonyl (C=O) groups is 1. The lowest BCUT2D eigenvalue weighted by Gasteiger charge is -2.17. The van der Waals surface area contributed by atoms with Crippen LogP contribution in [0.4, 0.5) is 26.3 Å². The molecule has 0 spiro atoms. The molecule has 24 heavy (non-hydrogen) atoms. The van der Waals surface area contributed by atoms with Crippen molar-refractivity contribution in [1.82, 2.24) is 4.98 Å². The zero-order valence-electron chi connectivity index (χ0n) is 12.1. The summed E-state index contributed by atoms with van der Waals surface area (Å²) in [4.78, 5) is 26.1. The topological polar surface area (TPSA) is 49.9 Å². The van der Waals surface area contributed by atoms with Gasteiger partial charge in [-0.2, -0.15) is 26.3 Å². The van der Waals surface area contributed by atoms with Crippen LogP contribution in [0.3, 0.4) is 0 Å². The Balaban J connectivity index is 3.15. The first-order valence-electron chi connectivity index (χ1n) is 6.32. The molecule has 0 aliphatic carbocycles. The second kappa shape index (κ2) is 5.83. The van der Waals surface area contributed by atoms with Crippen molar-refractivity contribution in [3.8, 4) is 0 Å². The number of Topliss-reactive ketones (excluding diaryl/α,β-unsaturated/α-hetero) is 1. The molecule has 1 heterocycles. The van der Waals surface area contributed by atoms with Crippen LogP contribution in [0.25, 0.3) is 10.9 Å². The minimum atomic E-state index is -5.05. The number of H-pyrrole nitrogens is 1. The number of carbonyl (C=O) groups excluding carboxylic acids is 1. The van der Waals surface area contributed by atoms with Crippen LogP contribution in [0.5, 0.6) is 0 Å². The normalized spacial score (nSPS) is 12.7. The van der Waals surface area contributed by atoms with Gasteiger partial charge >= 0.3 is 12.4 Å². The van der Waals surface area contributed by atoms with E-state index in [1.54, 1.807) is 0 Å². The Morgan fingerprint density at radius 1 is 1.04 bits per heavy atom. The Morgan fingerprint density at radius 2 is 1.54 bits per heavy atom. The molecule has 2 rings (SSSR count). The van der Waals surface area contributed by atoms with E-state index in [1.807, 2.05) is 0 Å². The molecule has 1 aromatic carbocycles. The van der Waals surface area contributed by atoms with E-state index in [0.717, 1.165) is 18.7 Å². The highest BCUT2D eigenvalue weighted by Gasteiger charge is 2.39. The minimum absolute atomic E-state index is 0.197. The number of halogens is 6. The van der Waals surface area contributed by atoms with Crippen LogP contribution in [0, 0.1) is 0 Å². The highest BCUT2D eigenvalue weighted by molar-refractivity contribution is 7.98. The predicted octanol–water partition coefficient (Wildman–Crippen LogP) is 4.49. The number of fused-ring (bicyclic) bond motifs is 1. The molecule has 3 nitrogen and oxygen atoms in total. The van der Waals surface area contributed by atoms with E-state index in [0.29, 0.717) is 0 Å². The number of aromatic amines is 1. The predicted molar refractivity (Wildman–Crippen MR) is 76.4 cm³/mol. The maximum atomic E-state index is 13.1. The van der Waals surface area contributed by atoms with Crippen LogP contribution in [-0.2, 0) is 12.4 Å². The number of pyridine rings is 1. The largest absolute Gasteiger partial charge is 0.418 e. The molecule has 0 amide bonds. The summed E-state index contributed by atoms with van der Waals surface area (Å²) in [5.74, 6) is -0.840. The molecule has 0 radical (unpaired) electrons. The maximum Gasteiger partial charge on any atom is 0.418 e. The summed E-state index contributed by atoms with van der Waals surface area (Å²) in [7, 11) is 0. The fourth-order valence-electron chi connectivity index (χ4n) is 2.32. The summed E-state index contributed by atoms with van der Waals surface area (Å²) in [5.41, 5.74) is -5.90. The molecule has 130 valence electrons. The minimum Gasteiger partial charge on any atom is -0.348 e. The summed E-state index contributed by atoms with van der Waals surface area (Å²) in [6.07, 6.45) is -8.65. The second-order valence-corrected chi connectivity index (χ2v) is 5.64. The number of thioether (sulfide) groups is 1. The molecular weight excluding hydrogens is 360 g/mol. The first-order chi connectivity index (χ1) is 10.9. The molecule has 0 atom stereocenters. The van der Waals surface area contributed by atoms with Crippen molar-refractivity contribution in [3.05, 3.63) is 39.0 Å². The lowest BCUT2D eigenvalue weighted by Crippen LogP contribution is -2.22. The molecule has 10 heteroatoms. The van der Waals surface area contributed by atoms with Gasteiger partial charge in [-0.25, -0.2) is 0 Å². The maximum absolute atomic E-state index is 13.1. The zero-order valence-corrected chi connectivity index (χ0v) is 13.0. The van der Waals surface area contributed by atoms with Crippen molar-refractivity contribution in [2.45, 2.75) is 24.3 Å². The smallest absolute Gasteiger partial charge is 0.348 e. The van der Waals surface area contributed by atoms with Gasteiger partial charge in [-0.05, 0) is 25.3 Å². The number of ketones is 1. The number of alkyl halides is 6. The van der Waals surface area contributed by atoms with E-state index < -0.39 is 51.2 Å². The van der Waals surface area contributed by atoms with Gasteiger partial charge in [0.2, 0.25) is 5.43 Å². The number of hydrogen-bond acceptors (Lipinski definition) is 3. The number of hydrogen-bond donors (Lipinski definition) is 1. The monoisotopic (exact) mass is 369 g/mol. The molecule has 2 aromatic rings. The van der Waals surface area contributed by atoms with E-state index in [1.165, 1.54) is 6.26 Å². The van der Waals surface area contributed by atoms with Crippen LogP contribution in [-0.4, -0.2) is 17.0 Å². The summed E-state index contributed by atoms with van der Waals surface area (Å²) >= 11 is 0.760. The van der Waals surface area contributed by atoms with E-state index in [2.05, 4.69) is 4.98 Å². The third-order valence-electron chi connectivity index (χ3n) is 3.29. The number of rotatable bonds is 2. The Bertz CT molecular complexity index is 882. The summed E-state index contributed by atoms with van der Waals surface area (Å²) < 4.78 is 78.6. The lowest BCUT2D eigenvalue weighted by atomic mass is 10.00. The van der Waals surface area contributed by atoms with Gasteiger partial charge in [0.05, 0.1) is 32.6 Å². The molecule has 0 bridgehead atoms. The average molecular weight is 369 g/mol. The van der Waals surface area contributed by atoms with E-state index in [9.17, 15) is 35.9 Å². The third kappa shape index (κ3) is 3.02. The van der Waals surface area contributed by atoms with Crippen molar-refractivity contribution < 1.29 is 31.1 Å². The quantitative estimate of drug-likeness (QED) is 0.482. The van der Waals surface area contributed by atoms with Gasteiger partial charge in [-0.1, -0.05) is 0 Å². The lowest BCUT2D eigenvalue weighted by molar-refractivity contribution is -0.139. The van der Waals surface area contributed by atoms with Crippen molar-refractivity contribution in [2.24, 2.45) is 0 Å². The molecule has 0 aliphatic heterocycles. The fraction of sp³-hybridized carbons (Fsp3) is 0.286. The van der Waals surface area contributed by atoms with Crippen molar-refractivity contribution in [1.29, 1.82) is 0 Å². The van der Waals surface area contributed by atoms with E-state index >= 15 is 0 Å². The molecule has 0 aliphatic rings. The Hall–Kier alpha value is -1.97. The van der Waals surface area contributed by atoms with Gasteiger partial charge in [0, 0.05) is 0 Å². The third-order valence-corrected chi connectivity index (χ3v) is 4.01. The van der Waals surface area contributed by atoms with Gasteiger partial charge in [-0.15, -0.1) is 11.8 Å². The summed E-state index contributed by atoms with van der Waals surface area (Å²) in [6.45, 7) is 0.955. The van der Waals surface area contributed by atoms with Gasteiger partial charge < -0.3 is 4.98 Å². The number of aromatic nitrogens is 1. The molecule has 0 fully saturated rings. The standard InChI is InChI=1S/C14H9F6NO2S/c1-5(22)8-11(23)9-6(13(15,16)17)3-4-7(14(18,19)20)10(9)21-12(8)24-2/h3-4H,1-2H3,(H,21,23). The van der Waals surface area contributed by atoms with Crippen molar-refractivity contribution in [3.63, 3.8) is 0 Å². The van der Waals surface area contributed by atoms with E-state index in [-0.39, 0.29) is 17.2 Å². The van der Waals surface area contributed by atoms with Crippen LogP contribution in [0.2, 0.25) is 0 Å². The first-order valence-corrected chi connectivity index (χ1v) is 7.54. The van der Waals surface area contributed by atoms with Gasteiger partial charge in [0.15, 0.2) is 5.78 Å². The van der Waals surface area contributed by atoms with Crippen LogP contribution < -0.4 is 5.43 Å². The SMILES string of the molecule is CSc1[nH]c2c(C(F)(F)F)ccc(C(F)(F)F)c2c(=O)c1C(C)=O. The molecule has 1 aromatic heterocycles. The zero-order chi connectivity index (χ0) is 18.4. The Kier molecular flexibility index (Phi) is 4.47. The molecule has 0 saturated heterocycles. The summed E-state index contributed by atoms with van der Waals surface area (Å²) in [5, 5.41) is -1.41. The van der Waals surface area contributed by atoms with Gasteiger partial charge in [0.25, 0.3) is 0 Å². The molecule has 0 unspecified atom stereocenters. The average Bonchev–Trinajstić information content (AvgIpc) is 2.43. The van der Waals surface area contributed by atoms with Crippen LogP contribution in [0.15, 0.2) is 22.0 Å². The first kappa shape index (κ1) is 18.4. The second-order valence-electron chi connectivity index (χ2n) is 4.82. The Morgan fingerprint density at radius 3 is 1.96 bits per heavy atom. The highest BCUT2D eigenvalue weighted by Crippen LogP contribution is 2.40. The molecule has 1 N–H and O–H groups in total. The molecule has 0 saturated carbocycles. The number of nitrogens with one attached hydrogen (secondary N) is 1. The van der Waals surface area contributed by atoms with Crippen LogP contribution >= 0.6 is 11.8 Å². The van der Waals surface area contributed by atoms with Gasteiger partial charge in [0.1, 0.15) is 0 Å². The van der Waals surface area contributed by atoms with Gasteiger partial charge in [-0.3, -0.25) is 9.59 Å². The summed E-state index contributed by atoms with van der Waals surface area (Å²) in [6, 6.07) is 0.460. The Labute approximate surface area is 135 Å².